The number of allylic oxidation sites excluding steroid dienone is 1. The number of carbonyl (C=O) groups is 3. The van der Waals surface area contributed by atoms with Crippen molar-refractivity contribution < 1.29 is 38.1 Å². The number of carbonyl (C=O) groups excluding carboxylic acids is 3. The molecule has 12 nitrogen and oxygen atoms in total. The smallest absolute Gasteiger partial charge is 0.306 e. The number of hydrogen-bond donors (Lipinski definition) is 2. The lowest BCUT2D eigenvalue weighted by Gasteiger charge is -2.35. The van der Waals surface area contributed by atoms with Gasteiger partial charge < -0.3 is 29.3 Å². The third-order valence-corrected chi connectivity index (χ3v) is 14.7. The van der Waals surface area contributed by atoms with Crippen LogP contribution in [0.5, 0.6) is 11.5 Å². The van der Waals surface area contributed by atoms with E-state index < -0.39 is 42.0 Å². The van der Waals surface area contributed by atoms with Crippen molar-refractivity contribution in [2.24, 2.45) is 17.3 Å². The maximum Gasteiger partial charge on any atom is 0.306 e. The van der Waals surface area contributed by atoms with Crippen molar-refractivity contribution in [3.8, 4) is 22.9 Å². The molecule has 6 rings (SSSR count). The molecule has 3 aliphatic rings. The van der Waals surface area contributed by atoms with E-state index in [1.807, 2.05) is 64.3 Å². The zero-order chi connectivity index (χ0) is 40.6. The van der Waals surface area contributed by atoms with E-state index >= 15 is 0 Å². The molecule has 1 aromatic carbocycles. The fourth-order valence-corrected chi connectivity index (χ4v) is 10.8. The second-order valence-electron chi connectivity index (χ2n) is 16.8. The summed E-state index contributed by atoms with van der Waals surface area (Å²) in [6.45, 7) is 17.3. The van der Waals surface area contributed by atoms with Crippen LogP contribution in [0.4, 0.5) is 5.13 Å². The van der Waals surface area contributed by atoms with Crippen LogP contribution < -0.4 is 14.8 Å². The van der Waals surface area contributed by atoms with Crippen molar-refractivity contribution in [1.29, 1.82) is 0 Å². The van der Waals surface area contributed by atoms with Gasteiger partial charge in [-0.05, 0) is 75.2 Å². The number of fused-ring (bicyclic) bond motifs is 1. The Hall–Kier alpha value is -4.06. The van der Waals surface area contributed by atoms with Gasteiger partial charge in [-0.25, -0.2) is 9.97 Å². The molecule has 2 aromatic heterocycles. The summed E-state index contributed by atoms with van der Waals surface area (Å²) in [6.07, 6.45) is 4.55. The summed E-state index contributed by atoms with van der Waals surface area (Å²) in [4.78, 5) is 64.7. The quantitative estimate of drug-likeness (QED) is 0.0814. The van der Waals surface area contributed by atoms with Crippen LogP contribution in [0.3, 0.4) is 0 Å². The summed E-state index contributed by atoms with van der Waals surface area (Å²) < 4.78 is 31.5. The van der Waals surface area contributed by atoms with E-state index in [0.717, 1.165) is 36.6 Å². The molecule has 56 heavy (non-hydrogen) atoms. The predicted molar refractivity (Wildman–Crippen MR) is 219 cm³/mol. The summed E-state index contributed by atoms with van der Waals surface area (Å²) in [7, 11) is -2.37. The number of hydrogen-bond acceptors (Lipinski definition) is 11. The molecule has 1 aliphatic heterocycles. The molecular formula is C42H55N4O8PS. The largest absolute Gasteiger partial charge is 0.497 e. The van der Waals surface area contributed by atoms with Crippen LogP contribution in [0.25, 0.3) is 22.3 Å². The zero-order valence-electron chi connectivity index (χ0n) is 33.3. The maximum absolute atomic E-state index is 14.8. The summed E-state index contributed by atoms with van der Waals surface area (Å²) in [5.41, 5.74) is 1.20. The Morgan fingerprint density at radius 3 is 2.48 bits per heavy atom. The normalized spacial score (nSPS) is 24.1. The number of amides is 1. The number of likely N-dealkylation sites (tertiary alicyclic amines) is 1. The molecule has 3 aromatic rings. The van der Waals surface area contributed by atoms with Crippen LogP contribution in [-0.4, -0.2) is 80.5 Å². The van der Waals surface area contributed by atoms with Crippen LogP contribution in [0.15, 0.2) is 54.7 Å². The number of rotatable bonds is 16. The van der Waals surface area contributed by atoms with Gasteiger partial charge in [-0.2, -0.15) is 0 Å². The standard InChI is InChI=1S/C42H55N4O8PS/c1-9-26-21-42(26,55(50,51)10-2)22-36(47)35-18-29(23-46(35)39(49)31(41(5,6)7)19-38(48)54-27-13-11-12-14-27)53-37-20-33(34-24-56-40(45-34)43-25(3)4)44-32-17-28(52-8)15-16-30(32)37/h9-10,15-17,20,24-27,29,31,35H,1-2,11-14,18-19,21-23H2,3-8H3,(H,43,45)(H,50,51)/t26-,29-,31-,35+,42-/m1/s1. The number of pyridine rings is 1. The molecule has 1 unspecified atom stereocenters. The maximum atomic E-state index is 14.8. The van der Waals surface area contributed by atoms with Gasteiger partial charge in [0.05, 0.1) is 48.4 Å². The zero-order valence-corrected chi connectivity index (χ0v) is 35.0. The molecular weight excluding hydrogens is 752 g/mol. The minimum atomic E-state index is -3.95. The van der Waals surface area contributed by atoms with Crippen molar-refractivity contribution in [2.75, 3.05) is 19.0 Å². The first-order chi connectivity index (χ1) is 26.5. The monoisotopic (exact) mass is 806 g/mol. The van der Waals surface area contributed by atoms with Gasteiger partial charge in [0.15, 0.2) is 10.9 Å². The molecule has 2 N–H and O–H groups in total. The number of esters is 1. The number of aromatic nitrogens is 2. The third-order valence-electron chi connectivity index (χ3n) is 11.4. The van der Waals surface area contributed by atoms with Crippen LogP contribution in [0.1, 0.15) is 86.0 Å². The molecule has 6 atom stereocenters. The van der Waals surface area contributed by atoms with E-state index in [1.165, 1.54) is 16.2 Å². The number of benzene rings is 1. The van der Waals surface area contributed by atoms with E-state index in [4.69, 9.17) is 24.2 Å². The van der Waals surface area contributed by atoms with Crippen LogP contribution in [-0.2, 0) is 23.7 Å². The summed E-state index contributed by atoms with van der Waals surface area (Å²) >= 11 is 1.47. The van der Waals surface area contributed by atoms with Gasteiger partial charge in [-0.1, -0.05) is 33.4 Å². The van der Waals surface area contributed by atoms with E-state index in [1.54, 1.807) is 13.2 Å². The average molecular weight is 807 g/mol. The van der Waals surface area contributed by atoms with E-state index in [9.17, 15) is 23.8 Å². The average Bonchev–Trinajstić information content (AvgIpc) is 3.55. The number of nitrogens with one attached hydrogen (secondary N) is 1. The highest BCUT2D eigenvalue weighted by atomic mass is 32.1. The van der Waals surface area contributed by atoms with Gasteiger partial charge in [0.1, 0.15) is 29.4 Å². The first-order valence-corrected chi connectivity index (χ1v) is 22.1. The van der Waals surface area contributed by atoms with Crippen molar-refractivity contribution in [3.63, 3.8) is 0 Å². The molecule has 3 heterocycles. The fraction of sp³-hybridized carbons (Fsp3) is 0.548. The van der Waals surface area contributed by atoms with E-state index in [2.05, 4.69) is 18.5 Å². The van der Waals surface area contributed by atoms with Crippen LogP contribution in [0, 0.1) is 17.3 Å². The summed E-state index contributed by atoms with van der Waals surface area (Å²) in [5.74, 6) is -0.114. The summed E-state index contributed by atoms with van der Waals surface area (Å²) in [5, 5.41) is 5.49. The number of nitrogens with zero attached hydrogens (tertiary/aromatic N) is 3. The van der Waals surface area contributed by atoms with Crippen LogP contribution in [0.2, 0.25) is 0 Å². The SMILES string of the molecule is C=C[C@@H]1C[C@]1(CC(=O)[C@@H]1C[C@@H](Oc2cc(-c3csc(NC(C)C)n3)nc3cc(OC)ccc23)CN1C(=O)[C@@H](CC(=O)OC1CCCC1)C(C)(C)C)P(=O)(O)C=C. The second-order valence-corrected chi connectivity index (χ2v) is 20.2. The first kappa shape index (κ1) is 41.6. The van der Waals surface area contributed by atoms with Crippen molar-refractivity contribution >= 4 is 52.4 Å². The Kier molecular flexibility index (Phi) is 12.2. The van der Waals surface area contributed by atoms with Gasteiger partial charge >= 0.3 is 5.97 Å². The lowest BCUT2D eigenvalue weighted by atomic mass is 9.77. The molecule has 302 valence electrons. The molecule has 2 aliphatic carbocycles. The van der Waals surface area contributed by atoms with Crippen molar-refractivity contribution in [1.82, 2.24) is 14.9 Å². The fourth-order valence-electron chi connectivity index (χ4n) is 8.13. The minimum absolute atomic E-state index is 0.0596. The van der Waals surface area contributed by atoms with Gasteiger partial charge in [0, 0.05) is 41.8 Å². The summed E-state index contributed by atoms with van der Waals surface area (Å²) in [6, 6.07) is 6.54. The van der Waals surface area contributed by atoms with Gasteiger partial charge in [0.2, 0.25) is 13.3 Å². The molecule has 2 saturated carbocycles. The van der Waals surface area contributed by atoms with Gasteiger partial charge in [-0.3, -0.25) is 18.9 Å². The van der Waals surface area contributed by atoms with Crippen molar-refractivity contribution in [3.05, 3.63) is 54.7 Å². The molecule has 1 saturated heterocycles. The topological polar surface area (TPSA) is 157 Å². The number of thiazole rings is 1. The lowest BCUT2D eigenvalue weighted by molar-refractivity contribution is -0.156. The lowest BCUT2D eigenvalue weighted by Crippen LogP contribution is -2.48. The molecule has 0 spiro atoms. The highest BCUT2D eigenvalue weighted by Gasteiger charge is 2.64. The highest BCUT2D eigenvalue weighted by Crippen LogP contribution is 2.73. The van der Waals surface area contributed by atoms with Crippen LogP contribution >= 0.6 is 18.7 Å². The number of ether oxygens (including phenoxy) is 3. The van der Waals surface area contributed by atoms with Gasteiger partial charge in [-0.15, -0.1) is 17.9 Å². The first-order valence-electron chi connectivity index (χ1n) is 19.5. The Bertz CT molecular complexity index is 2040. The van der Waals surface area contributed by atoms with E-state index in [-0.39, 0.29) is 55.6 Å². The number of methoxy groups -OCH3 is 1. The third kappa shape index (κ3) is 8.75. The highest BCUT2D eigenvalue weighted by molar-refractivity contribution is 7.63. The molecule has 3 fully saturated rings. The number of anilines is 1. The predicted octanol–water partition coefficient (Wildman–Crippen LogP) is 8.39. The van der Waals surface area contributed by atoms with E-state index in [0.29, 0.717) is 40.2 Å². The van der Waals surface area contributed by atoms with Gasteiger partial charge in [0.25, 0.3) is 0 Å². The Morgan fingerprint density at radius 2 is 1.86 bits per heavy atom. The Morgan fingerprint density at radius 1 is 1.12 bits per heavy atom. The van der Waals surface area contributed by atoms with Crippen molar-refractivity contribution in [2.45, 2.75) is 115 Å². The second kappa shape index (κ2) is 16.4. The number of ketones is 1. The minimum Gasteiger partial charge on any atom is -0.497 e. The number of Topliss-reactive ketones (excluding diaryl/α,β-unsaturated/α-hetero) is 1. The molecule has 1 amide bonds. The molecule has 0 bridgehead atoms. The molecule has 14 heteroatoms. The molecule has 0 radical (unpaired) electrons. The Labute approximate surface area is 333 Å². The Balaban J connectivity index is 1.34.